The summed E-state index contributed by atoms with van der Waals surface area (Å²) in [5, 5.41) is 2.47. The summed E-state index contributed by atoms with van der Waals surface area (Å²) in [4.78, 5) is 2.36. The fourth-order valence-electron chi connectivity index (χ4n) is 10.6. The Morgan fingerprint density at radius 2 is 0.947 bits per heavy atom. The maximum absolute atomic E-state index is 2.52. The fourth-order valence-corrected chi connectivity index (χ4v) is 10.6. The van der Waals surface area contributed by atoms with E-state index in [2.05, 4.69) is 231 Å². The van der Waals surface area contributed by atoms with E-state index < -0.39 is 0 Å². The van der Waals surface area contributed by atoms with Crippen LogP contribution in [-0.2, 0) is 10.8 Å². The van der Waals surface area contributed by atoms with Crippen molar-refractivity contribution in [1.82, 2.24) is 0 Å². The molecular weight excluding hydrogens is 687 g/mol. The van der Waals surface area contributed by atoms with Crippen molar-refractivity contribution in [3.63, 3.8) is 0 Å². The van der Waals surface area contributed by atoms with Crippen LogP contribution in [0.15, 0.2) is 212 Å². The zero-order valence-electron chi connectivity index (χ0n) is 32.3. The summed E-state index contributed by atoms with van der Waals surface area (Å²) in [6, 6.07) is 69.8. The predicted molar refractivity (Wildman–Crippen MR) is 240 cm³/mol. The maximum Gasteiger partial charge on any atom is 0.0535 e. The molecule has 1 heteroatoms. The highest BCUT2D eigenvalue weighted by Gasteiger charge is 2.58. The van der Waals surface area contributed by atoms with Gasteiger partial charge in [0.15, 0.2) is 0 Å². The first-order valence-corrected chi connectivity index (χ1v) is 20.3. The van der Waals surface area contributed by atoms with Crippen LogP contribution in [-0.4, -0.2) is 0 Å². The van der Waals surface area contributed by atoms with Crippen LogP contribution < -0.4 is 4.90 Å². The summed E-state index contributed by atoms with van der Waals surface area (Å²) in [5.74, 6) is 0.666. The third-order valence-electron chi connectivity index (χ3n) is 13.3. The first-order valence-electron chi connectivity index (χ1n) is 20.3. The van der Waals surface area contributed by atoms with Crippen LogP contribution in [0, 0.1) is 11.8 Å². The molecule has 0 amide bonds. The molecule has 0 fully saturated rings. The van der Waals surface area contributed by atoms with Gasteiger partial charge in [0.1, 0.15) is 0 Å². The van der Waals surface area contributed by atoms with Crippen LogP contribution >= 0.6 is 0 Å². The lowest BCUT2D eigenvalue weighted by atomic mass is 9.48. The number of para-hydroxylation sites is 1. The summed E-state index contributed by atoms with van der Waals surface area (Å²) < 4.78 is 0. The van der Waals surface area contributed by atoms with Gasteiger partial charge in [-0.15, -0.1) is 0 Å². The zero-order chi connectivity index (χ0) is 38.1. The van der Waals surface area contributed by atoms with Gasteiger partial charge in [-0.3, -0.25) is 0 Å². The van der Waals surface area contributed by atoms with E-state index in [4.69, 9.17) is 0 Å². The number of allylic oxidation sites excluding steroid dienone is 4. The molecule has 3 aliphatic rings. The summed E-state index contributed by atoms with van der Waals surface area (Å²) >= 11 is 0. The lowest BCUT2D eigenvalue weighted by Gasteiger charge is -2.54. The van der Waals surface area contributed by atoms with E-state index in [1.165, 1.54) is 66.4 Å². The molecule has 57 heavy (non-hydrogen) atoms. The van der Waals surface area contributed by atoms with Crippen molar-refractivity contribution >= 4 is 27.8 Å². The molecule has 0 aromatic heterocycles. The Hall–Kier alpha value is -6.70. The second-order valence-corrected chi connectivity index (χ2v) is 16.5. The number of rotatable bonds is 5. The molecule has 0 N–H and O–H groups in total. The van der Waals surface area contributed by atoms with Crippen molar-refractivity contribution in [3.05, 3.63) is 235 Å². The van der Waals surface area contributed by atoms with E-state index in [1.807, 2.05) is 0 Å². The summed E-state index contributed by atoms with van der Waals surface area (Å²) in [7, 11) is 0. The van der Waals surface area contributed by atoms with Crippen LogP contribution in [0.1, 0.15) is 36.1 Å². The molecule has 0 saturated carbocycles. The van der Waals surface area contributed by atoms with Crippen LogP contribution in [0.2, 0.25) is 0 Å². The quantitative estimate of drug-likeness (QED) is 0.170. The zero-order valence-corrected chi connectivity index (χ0v) is 32.3. The third-order valence-corrected chi connectivity index (χ3v) is 13.3. The van der Waals surface area contributed by atoms with E-state index in [1.54, 1.807) is 0 Å². The van der Waals surface area contributed by atoms with Gasteiger partial charge in [-0.2, -0.15) is 0 Å². The Bertz CT molecular complexity index is 2890. The Morgan fingerprint density at radius 1 is 0.368 bits per heavy atom. The molecule has 0 radical (unpaired) electrons. The molecule has 11 rings (SSSR count). The van der Waals surface area contributed by atoms with Crippen LogP contribution in [0.3, 0.4) is 0 Å². The SMILES string of the molecule is CC1(C)c2ccccc2C2(c3ccccc3-c3ccc(-c4ccc(-c5cccc(N(c6ccccc6)c6ccc7ccccc7c6)c5)cc4)cc32)C2C=CC=CC21. The molecule has 0 heterocycles. The number of hydrogen-bond donors (Lipinski definition) is 0. The van der Waals surface area contributed by atoms with Gasteiger partial charge in [-0.1, -0.05) is 184 Å². The van der Waals surface area contributed by atoms with Crippen molar-refractivity contribution in [3.8, 4) is 33.4 Å². The molecule has 0 bridgehead atoms. The van der Waals surface area contributed by atoms with Crippen LogP contribution in [0.5, 0.6) is 0 Å². The van der Waals surface area contributed by atoms with Crippen LogP contribution in [0.4, 0.5) is 17.1 Å². The van der Waals surface area contributed by atoms with Crippen molar-refractivity contribution in [2.75, 3.05) is 4.90 Å². The predicted octanol–water partition coefficient (Wildman–Crippen LogP) is 14.6. The Kier molecular flexibility index (Phi) is 7.63. The second kappa shape index (κ2) is 12.9. The molecule has 1 nitrogen and oxygen atoms in total. The van der Waals surface area contributed by atoms with Gasteiger partial charge in [-0.25, -0.2) is 0 Å². The summed E-state index contributed by atoms with van der Waals surface area (Å²) in [6.07, 6.45) is 9.53. The minimum absolute atomic E-state index is 0.00378. The molecule has 8 aromatic carbocycles. The number of anilines is 3. The molecule has 3 aliphatic carbocycles. The highest BCUT2D eigenvalue weighted by atomic mass is 15.1. The minimum atomic E-state index is -0.282. The smallest absolute Gasteiger partial charge is 0.0535 e. The van der Waals surface area contributed by atoms with Gasteiger partial charge in [0, 0.05) is 23.0 Å². The van der Waals surface area contributed by atoms with Crippen molar-refractivity contribution in [1.29, 1.82) is 0 Å². The number of fused-ring (bicyclic) bond motifs is 10. The standard InChI is InChI=1S/C56H43N/c1-55(2)50-23-10-12-25-52(50)56(53-26-13-11-24-51(53)55)49-22-9-8-21-47(49)48-34-32-43(37-54(48)56)40-29-27-39(28-30-40)42-17-14-20-45(35-42)57(44-18-4-3-5-19-44)46-33-31-38-15-6-7-16-41(38)36-46/h3-37,50,52H,1-2H3. The molecule has 3 unspecified atom stereocenters. The minimum Gasteiger partial charge on any atom is -0.310 e. The van der Waals surface area contributed by atoms with E-state index >= 15 is 0 Å². The lowest BCUT2D eigenvalue weighted by Crippen LogP contribution is -2.51. The highest BCUT2D eigenvalue weighted by molar-refractivity contribution is 5.91. The molecule has 0 aliphatic heterocycles. The Balaban J connectivity index is 0.999. The topological polar surface area (TPSA) is 3.24 Å². The van der Waals surface area contributed by atoms with E-state index in [0.29, 0.717) is 11.8 Å². The van der Waals surface area contributed by atoms with Gasteiger partial charge >= 0.3 is 0 Å². The Morgan fingerprint density at radius 3 is 1.74 bits per heavy atom. The Labute approximate surface area is 335 Å². The van der Waals surface area contributed by atoms with E-state index in [9.17, 15) is 0 Å². The fraction of sp³-hybridized carbons (Fsp3) is 0.107. The first kappa shape index (κ1) is 33.6. The second-order valence-electron chi connectivity index (χ2n) is 16.5. The van der Waals surface area contributed by atoms with Gasteiger partial charge < -0.3 is 4.90 Å². The highest BCUT2D eigenvalue weighted by Crippen LogP contribution is 2.65. The van der Waals surface area contributed by atoms with Gasteiger partial charge in [-0.05, 0) is 120 Å². The van der Waals surface area contributed by atoms with Crippen LogP contribution in [0.25, 0.3) is 44.2 Å². The van der Waals surface area contributed by atoms with Crippen molar-refractivity contribution in [2.24, 2.45) is 11.8 Å². The van der Waals surface area contributed by atoms with Gasteiger partial charge in [0.25, 0.3) is 0 Å². The molecule has 1 spiro atoms. The first-order chi connectivity index (χ1) is 28.0. The van der Waals surface area contributed by atoms with Gasteiger partial charge in [0.2, 0.25) is 0 Å². The average molecular weight is 730 g/mol. The monoisotopic (exact) mass is 729 g/mol. The third kappa shape index (κ3) is 5.08. The molecule has 8 aromatic rings. The number of hydrogen-bond acceptors (Lipinski definition) is 1. The largest absolute Gasteiger partial charge is 0.310 e. The van der Waals surface area contributed by atoms with E-state index in [-0.39, 0.29) is 10.8 Å². The summed E-state index contributed by atoms with van der Waals surface area (Å²) in [5.41, 5.74) is 16.5. The van der Waals surface area contributed by atoms with Gasteiger partial charge in [0.05, 0.1) is 5.41 Å². The lowest BCUT2D eigenvalue weighted by molar-refractivity contribution is 0.219. The van der Waals surface area contributed by atoms with E-state index in [0.717, 1.165) is 17.1 Å². The summed E-state index contributed by atoms with van der Waals surface area (Å²) in [6.45, 7) is 4.88. The normalized spacial score (nSPS) is 19.5. The number of nitrogens with zero attached hydrogens (tertiary/aromatic N) is 1. The maximum atomic E-state index is 2.52. The average Bonchev–Trinajstić information content (AvgIpc) is 3.56. The molecule has 3 atom stereocenters. The van der Waals surface area contributed by atoms with Crippen molar-refractivity contribution in [2.45, 2.75) is 24.7 Å². The number of benzene rings is 8. The van der Waals surface area contributed by atoms with Crippen molar-refractivity contribution < 1.29 is 0 Å². The molecular formula is C56H43N. The molecule has 0 saturated heterocycles. The molecule has 272 valence electrons.